The third kappa shape index (κ3) is 4.42. The van der Waals surface area contributed by atoms with Crippen molar-refractivity contribution < 1.29 is 24.2 Å². The summed E-state index contributed by atoms with van der Waals surface area (Å²) < 4.78 is 10.3. The maximum absolute atomic E-state index is 12.1. The second kappa shape index (κ2) is 7.90. The van der Waals surface area contributed by atoms with E-state index in [1.165, 1.54) is 11.8 Å². The number of cyclic esters (lactones) is 1. The van der Waals surface area contributed by atoms with Gasteiger partial charge in [0.2, 0.25) is 0 Å². The fourth-order valence-electron chi connectivity index (χ4n) is 2.28. The van der Waals surface area contributed by atoms with Crippen LogP contribution in [0.1, 0.15) is 22.3 Å². The molecule has 0 radical (unpaired) electrons. The SMILES string of the molecule is O=C1OC(OC(=O)c2ccccc2)CC(O)=C1SCc1ccccc1. The molecule has 0 saturated heterocycles. The molecule has 0 amide bonds. The van der Waals surface area contributed by atoms with Gasteiger partial charge in [0.25, 0.3) is 6.29 Å². The molecule has 0 bridgehead atoms. The molecule has 0 fully saturated rings. The number of carbonyl (C=O) groups is 2. The number of esters is 2. The van der Waals surface area contributed by atoms with E-state index >= 15 is 0 Å². The molecule has 1 heterocycles. The van der Waals surface area contributed by atoms with E-state index in [-0.39, 0.29) is 17.1 Å². The summed E-state index contributed by atoms with van der Waals surface area (Å²) in [5, 5.41) is 10.1. The zero-order valence-electron chi connectivity index (χ0n) is 13.3. The van der Waals surface area contributed by atoms with Gasteiger partial charge in [0, 0.05) is 5.75 Å². The van der Waals surface area contributed by atoms with Crippen LogP contribution < -0.4 is 0 Å². The Morgan fingerprint density at radius 1 is 1.12 bits per heavy atom. The summed E-state index contributed by atoms with van der Waals surface area (Å²) in [4.78, 5) is 24.3. The van der Waals surface area contributed by atoms with Crippen LogP contribution >= 0.6 is 11.8 Å². The summed E-state index contributed by atoms with van der Waals surface area (Å²) in [6.07, 6.45) is -1.18. The molecule has 0 saturated carbocycles. The lowest BCUT2D eigenvalue weighted by molar-refractivity contribution is -0.166. The highest BCUT2D eigenvalue weighted by Crippen LogP contribution is 2.31. The van der Waals surface area contributed by atoms with Gasteiger partial charge in [0.05, 0.1) is 12.0 Å². The van der Waals surface area contributed by atoms with E-state index in [0.717, 1.165) is 5.56 Å². The molecule has 1 N–H and O–H groups in total. The number of benzene rings is 2. The van der Waals surface area contributed by atoms with Crippen LogP contribution in [0.4, 0.5) is 0 Å². The predicted molar refractivity (Wildman–Crippen MR) is 93.7 cm³/mol. The molecule has 0 spiro atoms. The van der Waals surface area contributed by atoms with E-state index in [1.54, 1.807) is 30.3 Å². The molecule has 128 valence electrons. The molecule has 2 aromatic carbocycles. The minimum Gasteiger partial charge on any atom is -0.511 e. The van der Waals surface area contributed by atoms with Crippen molar-refractivity contribution in [2.45, 2.75) is 18.5 Å². The maximum Gasteiger partial charge on any atom is 0.351 e. The van der Waals surface area contributed by atoms with Crippen molar-refractivity contribution in [1.82, 2.24) is 0 Å². The number of aliphatic hydroxyl groups is 1. The predicted octanol–water partition coefficient (Wildman–Crippen LogP) is 3.82. The lowest BCUT2D eigenvalue weighted by Crippen LogP contribution is -2.30. The van der Waals surface area contributed by atoms with Crippen molar-refractivity contribution >= 4 is 23.7 Å². The summed E-state index contributed by atoms with van der Waals surface area (Å²) in [5.74, 6) is -0.880. The van der Waals surface area contributed by atoms with Crippen LogP contribution in [0.15, 0.2) is 71.3 Å². The normalized spacial score (nSPS) is 17.1. The molecule has 2 aromatic rings. The molecule has 0 aliphatic carbocycles. The van der Waals surface area contributed by atoms with Gasteiger partial charge in [-0.3, -0.25) is 0 Å². The van der Waals surface area contributed by atoms with Gasteiger partial charge in [-0.15, -0.1) is 11.8 Å². The van der Waals surface area contributed by atoms with Crippen molar-refractivity contribution in [1.29, 1.82) is 0 Å². The summed E-state index contributed by atoms with van der Waals surface area (Å²) in [6.45, 7) is 0. The van der Waals surface area contributed by atoms with E-state index < -0.39 is 18.2 Å². The average Bonchev–Trinajstić information content (AvgIpc) is 2.62. The van der Waals surface area contributed by atoms with Gasteiger partial charge >= 0.3 is 11.9 Å². The highest BCUT2D eigenvalue weighted by Gasteiger charge is 2.32. The zero-order valence-corrected chi connectivity index (χ0v) is 14.1. The Kier molecular flexibility index (Phi) is 5.40. The summed E-state index contributed by atoms with van der Waals surface area (Å²) >= 11 is 1.20. The maximum atomic E-state index is 12.1. The topological polar surface area (TPSA) is 72.8 Å². The third-order valence-electron chi connectivity index (χ3n) is 3.52. The monoisotopic (exact) mass is 356 g/mol. The van der Waals surface area contributed by atoms with E-state index in [9.17, 15) is 14.7 Å². The summed E-state index contributed by atoms with van der Waals surface area (Å²) in [7, 11) is 0. The number of hydrogen-bond donors (Lipinski definition) is 1. The van der Waals surface area contributed by atoms with Crippen molar-refractivity contribution in [3.05, 3.63) is 82.5 Å². The number of thioether (sulfide) groups is 1. The zero-order chi connectivity index (χ0) is 17.6. The first kappa shape index (κ1) is 17.1. The Balaban J connectivity index is 1.62. The molecular weight excluding hydrogens is 340 g/mol. The molecule has 0 aromatic heterocycles. The number of ether oxygens (including phenoxy) is 2. The van der Waals surface area contributed by atoms with Crippen LogP contribution in [-0.4, -0.2) is 23.3 Å². The molecule has 6 heteroatoms. The Hall–Kier alpha value is -2.73. The van der Waals surface area contributed by atoms with Crippen LogP contribution in [0, 0.1) is 0 Å². The van der Waals surface area contributed by atoms with Crippen LogP contribution in [0.25, 0.3) is 0 Å². The Morgan fingerprint density at radius 2 is 1.76 bits per heavy atom. The smallest absolute Gasteiger partial charge is 0.351 e. The Labute approximate surface area is 149 Å². The van der Waals surface area contributed by atoms with Gasteiger partial charge in [-0.25, -0.2) is 9.59 Å². The number of aliphatic hydroxyl groups excluding tert-OH is 1. The molecule has 5 nitrogen and oxygen atoms in total. The molecule has 1 aliphatic rings. The molecule has 25 heavy (non-hydrogen) atoms. The average molecular weight is 356 g/mol. The highest BCUT2D eigenvalue weighted by molar-refractivity contribution is 8.03. The van der Waals surface area contributed by atoms with Gasteiger partial charge in [-0.1, -0.05) is 48.5 Å². The van der Waals surface area contributed by atoms with Crippen molar-refractivity contribution in [3.63, 3.8) is 0 Å². The third-order valence-corrected chi connectivity index (χ3v) is 4.69. The Bertz CT molecular complexity index is 786. The van der Waals surface area contributed by atoms with Gasteiger partial charge in [0.1, 0.15) is 10.7 Å². The van der Waals surface area contributed by atoms with Crippen LogP contribution in [0.3, 0.4) is 0 Å². The highest BCUT2D eigenvalue weighted by atomic mass is 32.2. The van der Waals surface area contributed by atoms with Gasteiger partial charge < -0.3 is 14.6 Å². The fraction of sp³-hybridized carbons (Fsp3) is 0.158. The minimum atomic E-state index is -1.12. The van der Waals surface area contributed by atoms with Gasteiger partial charge in [0.15, 0.2) is 0 Å². The second-order valence-electron chi connectivity index (χ2n) is 5.36. The van der Waals surface area contributed by atoms with E-state index in [2.05, 4.69) is 0 Å². The molecule has 1 unspecified atom stereocenters. The van der Waals surface area contributed by atoms with Crippen molar-refractivity contribution in [3.8, 4) is 0 Å². The van der Waals surface area contributed by atoms with Crippen LogP contribution in [-0.2, 0) is 20.0 Å². The number of rotatable bonds is 5. The number of hydrogen-bond acceptors (Lipinski definition) is 6. The van der Waals surface area contributed by atoms with Crippen LogP contribution in [0.5, 0.6) is 0 Å². The second-order valence-corrected chi connectivity index (χ2v) is 6.35. The van der Waals surface area contributed by atoms with E-state index in [1.807, 2.05) is 30.3 Å². The van der Waals surface area contributed by atoms with E-state index in [4.69, 9.17) is 9.47 Å². The molecular formula is C19H16O5S. The lowest BCUT2D eigenvalue weighted by atomic mass is 10.2. The van der Waals surface area contributed by atoms with Crippen LogP contribution in [0.2, 0.25) is 0 Å². The van der Waals surface area contributed by atoms with Gasteiger partial charge in [-0.05, 0) is 17.7 Å². The summed E-state index contributed by atoms with van der Waals surface area (Å²) in [5.41, 5.74) is 1.38. The first-order valence-electron chi connectivity index (χ1n) is 7.69. The fourth-order valence-corrected chi connectivity index (χ4v) is 3.20. The minimum absolute atomic E-state index is 0.0541. The number of carbonyl (C=O) groups excluding carboxylic acids is 2. The first-order chi connectivity index (χ1) is 12.1. The Morgan fingerprint density at radius 3 is 2.40 bits per heavy atom. The van der Waals surface area contributed by atoms with Crippen molar-refractivity contribution in [2.24, 2.45) is 0 Å². The molecule has 1 aliphatic heterocycles. The van der Waals surface area contributed by atoms with Crippen molar-refractivity contribution in [2.75, 3.05) is 0 Å². The lowest BCUT2D eigenvalue weighted by Gasteiger charge is -2.23. The first-order valence-corrected chi connectivity index (χ1v) is 8.68. The molecule has 1 atom stereocenters. The van der Waals surface area contributed by atoms with E-state index in [0.29, 0.717) is 11.3 Å². The van der Waals surface area contributed by atoms with Gasteiger partial charge in [-0.2, -0.15) is 0 Å². The molecule has 3 rings (SSSR count). The largest absolute Gasteiger partial charge is 0.511 e. The summed E-state index contributed by atoms with van der Waals surface area (Å²) in [6, 6.07) is 18.0. The standard InChI is InChI=1S/C19H16O5S/c20-15-11-16(23-18(21)14-9-5-2-6-10-14)24-19(22)17(15)25-12-13-7-3-1-4-8-13/h1-10,16,20H,11-12H2. The quantitative estimate of drug-likeness (QED) is 0.821.